The monoisotopic (exact) mass is 534 g/mol. The molecule has 1 heterocycles. The average molecular weight is 535 g/mol. The molecule has 3 rings (SSSR count). The second-order valence-corrected chi connectivity index (χ2v) is 9.11. The number of carboxylic acids is 4. The van der Waals surface area contributed by atoms with Gasteiger partial charge in [0.05, 0.1) is 6.10 Å². The number of nitrogens with zero attached hydrogens (tertiary/aromatic N) is 2. The van der Waals surface area contributed by atoms with E-state index >= 15 is 0 Å². The summed E-state index contributed by atoms with van der Waals surface area (Å²) in [5.74, 6) is -5.03. The molecule has 1 aliphatic heterocycles. The molecule has 1 saturated heterocycles. The molecule has 0 spiro atoms. The first-order valence-electron chi connectivity index (χ1n) is 12.5. The number of carbonyl (C=O) groups is 4. The number of aliphatic hydroxyl groups excluding tert-OH is 1. The summed E-state index contributed by atoms with van der Waals surface area (Å²) in [6.45, 7) is 8.16. The van der Waals surface area contributed by atoms with Crippen molar-refractivity contribution in [1.82, 2.24) is 9.80 Å². The summed E-state index contributed by atoms with van der Waals surface area (Å²) in [5.41, 5.74) is 4.66. The van der Waals surface area contributed by atoms with E-state index in [1.54, 1.807) is 11.1 Å². The first kappa shape index (κ1) is 32.5. The van der Waals surface area contributed by atoms with E-state index in [4.69, 9.17) is 20.4 Å². The van der Waals surface area contributed by atoms with Gasteiger partial charge in [-0.1, -0.05) is 24.6 Å². The van der Waals surface area contributed by atoms with E-state index in [9.17, 15) is 24.3 Å². The van der Waals surface area contributed by atoms with Crippen LogP contribution in [0.2, 0.25) is 0 Å². The summed E-state index contributed by atoms with van der Waals surface area (Å²) in [6, 6.07) is 7.18. The van der Waals surface area contributed by atoms with E-state index in [2.05, 4.69) is 28.0 Å². The predicted molar refractivity (Wildman–Crippen MR) is 140 cm³/mol. The highest BCUT2D eigenvalue weighted by molar-refractivity contribution is 5.90. The van der Waals surface area contributed by atoms with Gasteiger partial charge in [-0.2, -0.15) is 0 Å². The first-order valence-corrected chi connectivity index (χ1v) is 12.5. The maximum absolute atomic E-state index is 9.55. The van der Waals surface area contributed by atoms with Crippen molar-refractivity contribution in [1.29, 1.82) is 0 Å². The largest absolute Gasteiger partial charge is 0.478 e. The van der Waals surface area contributed by atoms with Gasteiger partial charge in [0.1, 0.15) is 0 Å². The molecule has 11 nitrogen and oxygen atoms in total. The average Bonchev–Trinajstić information content (AvgIpc) is 3.08. The second kappa shape index (κ2) is 17.8. The summed E-state index contributed by atoms with van der Waals surface area (Å²) in [7, 11) is 0. The molecule has 0 radical (unpaired) electrons. The van der Waals surface area contributed by atoms with Crippen LogP contribution in [0.15, 0.2) is 42.5 Å². The third-order valence-corrected chi connectivity index (χ3v) is 5.79. The minimum atomic E-state index is -1.26. The van der Waals surface area contributed by atoms with Crippen molar-refractivity contribution in [3.05, 3.63) is 59.2 Å². The first-order chi connectivity index (χ1) is 18.0. The molecule has 1 unspecified atom stereocenters. The van der Waals surface area contributed by atoms with Crippen molar-refractivity contribution >= 4 is 23.9 Å². The number of aliphatic carboxylic acids is 4. The van der Waals surface area contributed by atoms with Gasteiger partial charge in [0, 0.05) is 63.6 Å². The Balaban J connectivity index is 0.000000374. The van der Waals surface area contributed by atoms with Crippen LogP contribution in [0.4, 0.5) is 0 Å². The van der Waals surface area contributed by atoms with E-state index in [0.717, 1.165) is 39.3 Å². The highest BCUT2D eigenvalue weighted by atomic mass is 16.4. The number of aryl methyl sites for hydroxylation is 2. The molecule has 210 valence electrons. The van der Waals surface area contributed by atoms with Gasteiger partial charge in [-0.15, -0.1) is 0 Å². The van der Waals surface area contributed by atoms with Crippen LogP contribution in [0, 0.1) is 0 Å². The van der Waals surface area contributed by atoms with Gasteiger partial charge in [-0.25, -0.2) is 19.2 Å². The maximum atomic E-state index is 9.55. The molecule has 1 aromatic rings. The van der Waals surface area contributed by atoms with Crippen LogP contribution in [0.3, 0.4) is 0 Å². The quantitative estimate of drug-likeness (QED) is 0.243. The van der Waals surface area contributed by atoms with E-state index in [0.29, 0.717) is 24.3 Å². The number of aliphatic hydroxyl groups is 1. The Labute approximate surface area is 222 Å². The molecular weight excluding hydrogens is 496 g/mol. The summed E-state index contributed by atoms with van der Waals surface area (Å²) in [4.78, 5) is 43.1. The van der Waals surface area contributed by atoms with Crippen LogP contribution < -0.4 is 0 Å². The molecule has 0 aromatic heterocycles. The number of hydrogen-bond acceptors (Lipinski definition) is 7. The number of rotatable bonds is 8. The Bertz CT molecular complexity index is 915. The summed E-state index contributed by atoms with van der Waals surface area (Å²) in [6.07, 6.45) is 8.66. The number of piperazine rings is 1. The lowest BCUT2D eigenvalue weighted by Gasteiger charge is -2.35. The molecular formula is C27H38N2O9. The fourth-order valence-corrected chi connectivity index (χ4v) is 4.11. The van der Waals surface area contributed by atoms with Gasteiger partial charge in [-0.3, -0.25) is 9.80 Å². The van der Waals surface area contributed by atoms with E-state index in [1.165, 1.54) is 37.7 Å². The van der Waals surface area contributed by atoms with Gasteiger partial charge in [0.15, 0.2) is 0 Å². The third kappa shape index (κ3) is 15.5. The Morgan fingerprint density at radius 2 is 1.18 bits per heavy atom. The van der Waals surface area contributed by atoms with E-state index < -0.39 is 23.9 Å². The van der Waals surface area contributed by atoms with Crippen LogP contribution in [0.1, 0.15) is 42.9 Å². The molecule has 38 heavy (non-hydrogen) atoms. The number of β-amino-alcohol motifs (C(OH)–C–C–N with tert-alkyl or cyclic N) is 1. The summed E-state index contributed by atoms with van der Waals surface area (Å²) >= 11 is 0. The lowest BCUT2D eigenvalue weighted by atomic mass is 10.00. The number of carboxylic acid groups (broad SMARTS) is 4. The molecule has 1 atom stereocenters. The number of hydrogen-bond donors (Lipinski definition) is 5. The summed E-state index contributed by atoms with van der Waals surface area (Å²) < 4.78 is 0. The topological polar surface area (TPSA) is 176 Å². The van der Waals surface area contributed by atoms with Crippen LogP contribution in [0.25, 0.3) is 0 Å². The van der Waals surface area contributed by atoms with Gasteiger partial charge in [-0.05, 0) is 49.3 Å². The van der Waals surface area contributed by atoms with Crippen molar-refractivity contribution in [2.24, 2.45) is 0 Å². The Hall–Kier alpha value is -3.54. The van der Waals surface area contributed by atoms with Gasteiger partial charge < -0.3 is 25.5 Å². The molecule has 11 heteroatoms. The second-order valence-electron chi connectivity index (χ2n) is 9.11. The highest BCUT2D eigenvalue weighted by Gasteiger charge is 2.18. The van der Waals surface area contributed by atoms with E-state index in [-0.39, 0.29) is 6.10 Å². The maximum Gasteiger partial charge on any atom is 0.328 e. The minimum Gasteiger partial charge on any atom is -0.478 e. The lowest BCUT2D eigenvalue weighted by Crippen LogP contribution is -2.47. The molecule has 5 N–H and O–H groups in total. The van der Waals surface area contributed by atoms with Crippen molar-refractivity contribution in [2.45, 2.75) is 51.7 Å². The zero-order valence-electron chi connectivity index (χ0n) is 21.7. The van der Waals surface area contributed by atoms with Crippen LogP contribution in [-0.2, 0) is 38.6 Å². The zero-order chi connectivity index (χ0) is 28.5. The molecule has 1 aliphatic carbocycles. The minimum absolute atomic E-state index is 0.212. The van der Waals surface area contributed by atoms with Crippen molar-refractivity contribution < 1.29 is 44.7 Å². The molecule has 1 aromatic carbocycles. The van der Waals surface area contributed by atoms with E-state index in [1.807, 2.05) is 6.92 Å². The smallest absolute Gasteiger partial charge is 0.328 e. The van der Waals surface area contributed by atoms with Gasteiger partial charge >= 0.3 is 23.9 Å². The predicted octanol–water partition coefficient (Wildman–Crippen LogP) is 1.88. The molecule has 1 fully saturated rings. The van der Waals surface area contributed by atoms with Crippen LogP contribution in [0.5, 0.6) is 0 Å². The van der Waals surface area contributed by atoms with Gasteiger partial charge in [0.25, 0.3) is 0 Å². The fraction of sp³-hybridized carbons (Fsp3) is 0.481. The van der Waals surface area contributed by atoms with Crippen molar-refractivity contribution in [3.63, 3.8) is 0 Å². The molecule has 0 bridgehead atoms. The highest BCUT2D eigenvalue weighted by Crippen LogP contribution is 2.22. The Morgan fingerprint density at radius 3 is 1.63 bits per heavy atom. The fourth-order valence-electron chi connectivity index (χ4n) is 4.11. The van der Waals surface area contributed by atoms with Crippen molar-refractivity contribution in [2.75, 3.05) is 32.7 Å². The van der Waals surface area contributed by atoms with Crippen LogP contribution in [-0.4, -0.2) is 98.0 Å². The number of benzene rings is 1. The lowest BCUT2D eigenvalue weighted by molar-refractivity contribution is -0.134. The Kier molecular flexibility index (Phi) is 15.2. The molecule has 2 aliphatic rings. The van der Waals surface area contributed by atoms with Gasteiger partial charge in [0.2, 0.25) is 0 Å². The third-order valence-electron chi connectivity index (χ3n) is 5.79. The standard InChI is InChI=1S/C19H30N2O.2C4H4O4/c1-16(22)14-20-9-11-21(12-10-20)15-17-7-8-18-5-3-2-4-6-19(18)13-17;2*5-3(6)1-2-4(7)8/h7-8,13,16,22H,2-6,9-12,14-15H2,1H3;2*1-2H,(H,5,6)(H,7,8)/b;2*2-1-. The Morgan fingerprint density at radius 1 is 0.737 bits per heavy atom. The molecule has 0 amide bonds. The van der Waals surface area contributed by atoms with Crippen molar-refractivity contribution in [3.8, 4) is 0 Å². The summed E-state index contributed by atoms with van der Waals surface area (Å²) in [5, 5.41) is 40.7. The SMILES string of the molecule is CC(O)CN1CCN(Cc2ccc3c(c2)CCCCC3)CC1.O=C(O)/C=C\C(=O)O.O=C(O)/C=C\C(=O)O. The van der Waals surface area contributed by atoms with Crippen LogP contribution >= 0.6 is 0 Å². The zero-order valence-corrected chi connectivity index (χ0v) is 21.7. The number of fused-ring (bicyclic) bond motifs is 1. The molecule has 0 saturated carbocycles. The normalized spacial score (nSPS) is 16.8.